The van der Waals surface area contributed by atoms with Gasteiger partial charge in [0, 0.05) is 12.6 Å². The predicted octanol–water partition coefficient (Wildman–Crippen LogP) is 3.22. The molecule has 0 aliphatic rings. The van der Waals surface area contributed by atoms with Crippen LogP contribution in [0.2, 0.25) is 0 Å². The van der Waals surface area contributed by atoms with Crippen LogP contribution in [0.5, 0.6) is 0 Å². The largest absolute Gasteiger partial charge is 0.387 e. The lowest BCUT2D eigenvalue weighted by Crippen LogP contribution is -2.44. The first-order chi connectivity index (χ1) is 10.5. The Morgan fingerprint density at radius 2 is 1.77 bits per heavy atom. The third kappa shape index (κ3) is 4.21. The molecule has 2 amide bonds. The smallest absolute Gasteiger partial charge is 0.315 e. The van der Waals surface area contributed by atoms with E-state index in [0.717, 1.165) is 16.3 Å². The third-order valence-electron chi connectivity index (χ3n) is 3.97. The monoisotopic (exact) mass is 300 g/mol. The van der Waals surface area contributed by atoms with Gasteiger partial charge in [-0.15, -0.1) is 0 Å². The van der Waals surface area contributed by atoms with Gasteiger partial charge in [-0.05, 0) is 35.2 Å². The summed E-state index contributed by atoms with van der Waals surface area (Å²) in [7, 11) is 0. The minimum atomic E-state index is -0.718. The van der Waals surface area contributed by atoms with Crippen LogP contribution in [0.15, 0.2) is 42.5 Å². The Morgan fingerprint density at radius 1 is 1.09 bits per heavy atom. The van der Waals surface area contributed by atoms with Gasteiger partial charge in [0.1, 0.15) is 0 Å². The van der Waals surface area contributed by atoms with Gasteiger partial charge in [-0.2, -0.15) is 0 Å². The lowest BCUT2D eigenvalue weighted by Gasteiger charge is -2.19. The highest BCUT2D eigenvalue weighted by Gasteiger charge is 2.13. The summed E-state index contributed by atoms with van der Waals surface area (Å²) >= 11 is 0. The molecule has 22 heavy (non-hydrogen) atoms. The van der Waals surface area contributed by atoms with Crippen LogP contribution in [-0.4, -0.2) is 23.7 Å². The summed E-state index contributed by atoms with van der Waals surface area (Å²) in [4.78, 5) is 11.8. The van der Waals surface area contributed by atoms with Gasteiger partial charge in [0.25, 0.3) is 0 Å². The van der Waals surface area contributed by atoms with Crippen LogP contribution in [0.1, 0.15) is 32.4 Å². The van der Waals surface area contributed by atoms with Crippen molar-refractivity contribution in [2.24, 2.45) is 5.92 Å². The van der Waals surface area contributed by atoms with Gasteiger partial charge in [-0.3, -0.25) is 0 Å². The molecule has 0 saturated carbocycles. The van der Waals surface area contributed by atoms with Crippen molar-refractivity contribution in [2.45, 2.75) is 32.9 Å². The second-order valence-corrected chi connectivity index (χ2v) is 6.01. The lowest BCUT2D eigenvalue weighted by molar-refractivity contribution is 0.172. The SMILES string of the molecule is CC(C)C(C)NC(=O)NCC(O)c1ccc2ccccc2c1. The maximum atomic E-state index is 11.8. The highest BCUT2D eigenvalue weighted by atomic mass is 16.3. The van der Waals surface area contributed by atoms with E-state index >= 15 is 0 Å². The van der Waals surface area contributed by atoms with Gasteiger partial charge < -0.3 is 15.7 Å². The fraction of sp³-hybridized carbons (Fsp3) is 0.389. The lowest BCUT2D eigenvalue weighted by atomic mass is 10.0. The topological polar surface area (TPSA) is 61.4 Å². The Hall–Kier alpha value is -2.07. The standard InChI is InChI=1S/C18H24N2O2/c1-12(2)13(3)20-18(22)19-11-17(21)16-9-8-14-6-4-5-7-15(14)10-16/h4-10,12-13,17,21H,11H2,1-3H3,(H2,19,20,22). The van der Waals surface area contributed by atoms with E-state index in [0.29, 0.717) is 5.92 Å². The first-order valence-corrected chi connectivity index (χ1v) is 7.68. The van der Waals surface area contributed by atoms with Crippen LogP contribution in [0.25, 0.3) is 10.8 Å². The van der Waals surface area contributed by atoms with E-state index in [4.69, 9.17) is 0 Å². The molecule has 2 unspecified atom stereocenters. The number of carbonyl (C=O) groups excluding carboxylic acids is 1. The molecule has 0 bridgehead atoms. The number of benzene rings is 2. The van der Waals surface area contributed by atoms with E-state index in [1.54, 1.807) is 0 Å². The first-order valence-electron chi connectivity index (χ1n) is 7.68. The average Bonchev–Trinajstić information content (AvgIpc) is 2.52. The Balaban J connectivity index is 1.93. The molecule has 0 fully saturated rings. The number of urea groups is 1. The van der Waals surface area contributed by atoms with Gasteiger partial charge in [-0.1, -0.05) is 50.2 Å². The first kappa shape index (κ1) is 16.3. The molecule has 2 aromatic rings. The van der Waals surface area contributed by atoms with Gasteiger partial charge in [0.2, 0.25) is 0 Å². The summed E-state index contributed by atoms with van der Waals surface area (Å²) in [5.74, 6) is 0.371. The van der Waals surface area contributed by atoms with Crippen molar-refractivity contribution in [3.8, 4) is 0 Å². The molecule has 0 aliphatic carbocycles. The zero-order valence-electron chi connectivity index (χ0n) is 13.3. The zero-order valence-corrected chi connectivity index (χ0v) is 13.3. The number of aliphatic hydroxyl groups is 1. The highest BCUT2D eigenvalue weighted by Crippen LogP contribution is 2.20. The molecule has 2 atom stereocenters. The van der Waals surface area contributed by atoms with Crippen LogP contribution in [0.3, 0.4) is 0 Å². The molecule has 0 aliphatic heterocycles. The van der Waals surface area contributed by atoms with E-state index < -0.39 is 6.10 Å². The number of aliphatic hydroxyl groups excluding tert-OH is 1. The molecule has 4 heteroatoms. The molecule has 4 nitrogen and oxygen atoms in total. The number of hydrogen-bond donors (Lipinski definition) is 3. The number of hydrogen-bond acceptors (Lipinski definition) is 2. The molecule has 2 rings (SSSR count). The van der Waals surface area contributed by atoms with Crippen LogP contribution in [0.4, 0.5) is 4.79 Å². The number of nitrogens with one attached hydrogen (secondary N) is 2. The van der Waals surface area contributed by atoms with Crippen LogP contribution < -0.4 is 10.6 Å². The van der Waals surface area contributed by atoms with Crippen molar-refractivity contribution < 1.29 is 9.90 Å². The van der Waals surface area contributed by atoms with Crippen molar-refractivity contribution in [3.63, 3.8) is 0 Å². The van der Waals surface area contributed by atoms with Crippen molar-refractivity contribution in [1.82, 2.24) is 10.6 Å². The Morgan fingerprint density at radius 3 is 2.45 bits per heavy atom. The summed E-state index contributed by atoms with van der Waals surface area (Å²) in [6.45, 7) is 6.25. The van der Waals surface area contributed by atoms with Crippen LogP contribution in [-0.2, 0) is 0 Å². The van der Waals surface area contributed by atoms with E-state index in [2.05, 4.69) is 24.5 Å². The molecular formula is C18H24N2O2. The number of rotatable bonds is 5. The molecular weight excluding hydrogens is 276 g/mol. The van der Waals surface area contributed by atoms with Crippen molar-refractivity contribution in [1.29, 1.82) is 0 Å². The molecule has 118 valence electrons. The maximum Gasteiger partial charge on any atom is 0.315 e. The maximum absolute atomic E-state index is 11.8. The Kier molecular flexibility index (Phi) is 5.39. The zero-order chi connectivity index (χ0) is 16.1. The van der Waals surface area contributed by atoms with E-state index in [1.165, 1.54) is 0 Å². The Bertz CT molecular complexity index is 640. The summed E-state index contributed by atoms with van der Waals surface area (Å²) < 4.78 is 0. The van der Waals surface area contributed by atoms with Crippen LogP contribution in [0, 0.1) is 5.92 Å². The fourth-order valence-corrected chi connectivity index (χ4v) is 2.15. The van der Waals surface area contributed by atoms with Crippen LogP contribution >= 0.6 is 0 Å². The molecule has 0 heterocycles. The highest BCUT2D eigenvalue weighted by molar-refractivity contribution is 5.83. The molecule has 2 aromatic carbocycles. The van der Waals surface area contributed by atoms with Gasteiger partial charge >= 0.3 is 6.03 Å². The number of amides is 2. The van der Waals surface area contributed by atoms with Gasteiger partial charge in [0.05, 0.1) is 6.10 Å². The summed E-state index contributed by atoms with van der Waals surface area (Å²) in [6.07, 6.45) is -0.718. The molecule has 0 saturated heterocycles. The predicted molar refractivity (Wildman–Crippen MR) is 89.7 cm³/mol. The molecule has 0 radical (unpaired) electrons. The molecule has 0 aromatic heterocycles. The van der Waals surface area contributed by atoms with E-state index in [9.17, 15) is 9.90 Å². The number of fused-ring (bicyclic) bond motifs is 1. The second-order valence-electron chi connectivity index (χ2n) is 6.01. The summed E-state index contributed by atoms with van der Waals surface area (Å²) in [5, 5.41) is 18.0. The normalized spacial score (nSPS) is 13.9. The molecule has 0 spiro atoms. The van der Waals surface area contributed by atoms with Gasteiger partial charge in [-0.25, -0.2) is 4.79 Å². The summed E-state index contributed by atoms with van der Waals surface area (Å²) in [5.41, 5.74) is 0.802. The van der Waals surface area contributed by atoms with Crippen molar-refractivity contribution in [3.05, 3.63) is 48.0 Å². The molecule has 3 N–H and O–H groups in total. The van der Waals surface area contributed by atoms with Crippen molar-refractivity contribution >= 4 is 16.8 Å². The Labute approximate surface area is 131 Å². The van der Waals surface area contributed by atoms with E-state index in [1.807, 2.05) is 49.4 Å². The second kappa shape index (κ2) is 7.27. The van der Waals surface area contributed by atoms with Crippen molar-refractivity contribution in [2.75, 3.05) is 6.54 Å². The quantitative estimate of drug-likeness (QED) is 0.794. The van der Waals surface area contributed by atoms with Gasteiger partial charge in [0.15, 0.2) is 0 Å². The summed E-state index contributed by atoms with van der Waals surface area (Å²) in [6, 6.07) is 13.7. The minimum absolute atomic E-state index is 0.0952. The minimum Gasteiger partial charge on any atom is -0.387 e. The fourth-order valence-electron chi connectivity index (χ4n) is 2.15. The average molecular weight is 300 g/mol. The van der Waals surface area contributed by atoms with E-state index in [-0.39, 0.29) is 18.6 Å². The number of carbonyl (C=O) groups is 1. The third-order valence-corrected chi connectivity index (χ3v) is 3.97.